The van der Waals surface area contributed by atoms with Gasteiger partial charge in [-0.3, -0.25) is 9.59 Å². The highest BCUT2D eigenvalue weighted by molar-refractivity contribution is 5.79. The van der Waals surface area contributed by atoms with Crippen molar-refractivity contribution in [3.05, 3.63) is 0 Å². The number of hydrogen-bond donors (Lipinski definition) is 1. The summed E-state index contributed by atoms with van der Waals surface area (Å²) in [6, 6.07) is 0. The second kappa shape index (κ2) is 6.87. The zero-order chi connectivity index (χ0) is 16.3. The van der Waals surface area contributed by atoms with Crippen molar-refractivity contribution in [2.45, 2.75) is 51.1 Å². The molecular formula is C15H22F3NO3. The maximum absolute atomic E-state index is 12.6. The maximum Gasteiger partial charge on any atom is 0.391 e. The van der Waals surface area contributed by atoms with E-state index in [2.05, 4.69) is 0 Å². The SMILES string of the molecule is O=C(O)CC1CCN(C(=O)C2CCC(C(F)(F)F)CC2)CC1. The number of aliphatic carboxylic acids is 1. The Kier molecular flexibility index (Phi) is 5.34. The first kappa shape index (κ1) is 17.1. The third-order valence-corrected chi connectivity index (χ3v) is 4.93. The molecule has 0 aromatic carbocycles. The minimum Gasteiger partial charge on any atom is -0.481 e. The van der Waals surface area contributed by atoms with Gasteiger partial charge in [0.05, 0.1) is 5.92 Å². The molecule has 126 valence electrons. The number of rotatable bonds is 3. The number of hydrogen-bond acceptors (Lipinski definition) is 2. The van der Waals surface area contributed by atoms with Crippen molar-refractivity contribution in [1.29, 1.82) is 0 Å². The number of alkyl halides is 3. The van der Waals surface area contributed by atoms with E-state index < -0.39 is 18.1 Å². The lowest BCUT2D eigenvalue weighted by Crippen LogP contribution is -2.43. The minimum absolute atomic E-state index is 0.0371. The Morgan fingerprint density at radius 1 is 1.00 bits per heavy atom. The lowest BCUT2D eigenvalue weighted by Gasteiger charge is -2.36. The summed E-state index contributed by atoms with van der Waals surface area (Å²) in [6.45, 7) is 1.05. The first-order valence-electron chi connectivity index (χ1n) is 7.84. The number of halogens is 3. The van der Waals surface area contributed by atoms with Crippen molar-refractivity contribution in [1.82, 2.24) is 4.90 Å². The van der Waals surface area contributed by atoms with Gasteiger partial charge in [0.2, 0.25) is 5.91 Å². The molecular weight excluding hydrogens is 299 g/mol. The van der Waals surface area contributed by atoms with E-state index in [-0.39, 0.29) is 37.0 Å². The molecule has 2 fully saturated rings. The number of likely N-dealkylation sites (tertiary alicyclic amines) is 1. The summed E-state index contributed by atoms with van der Waals surface area (Å²) in [6.07, 6.45) is -2.02. The van der Waals surface area contributed by atoms with Crippen LogP contribution >= 0.6 is 0 Å². The Balaban J connectivity index is 1.78. The van der Waals surface area contributed by atoms with Crippen molar-refractivity contribution in [3.63, 3.8) is 0 Å². The van der Waals surface area contributed by atoms with Crippen molar-refractivity contribution in [2.24, 2.45) is 17.8 Å². The Labute approximate surface area is 127 Å². The number of carboxylic acids is 1. The summed E-state index contributed by atoms with van der Waals surface area (Å²) < 4.78 is 37.9. The van der Waals surface area contributed by atoms with Crippen LogP contribution in [0.1, 0.15) is 44.9 Å². The van der Waals surface area contributed by atoms with Gasteiger partial charge in [-0.15, -0.1) is 0 Å². The van der Waals surface area contributed by atoms with Gasteiger partial charge in [0.1, 0.15) is 0 Å². The van der Waals surface area contributed by atoms with Gasteiger partial charge in [0.25, 0.3) is 0 Å². The van der Waals surface area contributed by atoms with E-state index in [1.165, 1.54) is 0 Å². The van der Waals surface area contributed by atoms with Gasteiger partial charge in [0.15, 0.2) is 0 Å². The fourth-order valence-electron chi connectivity index (χ4n) is 3.53. The molecule has 0 unspecified atom stereocenters. The zero-order valence-electron chi connectivity index (χ0n) is 12.4. The number of amides is 1. The third kappa shape index (κ3) is 4.36. The first-order valence-corrected chi connectivity index (χ1v) is 7.84. The molecule has 0 aromatic rings. The molecule has 0 spiro atoms. The highest BCUT2D eigenvalue weighted by Gasteiger charge is 2.43. The normalized spacial score (nSPS) is 27.7. The molecule has 1 heterocycles. The molecule has 1 N–H and O–H groups in total. The van der Waals surface area contributed by atoms with E-state index in [0.717, 1.165) is 0 Å². The van der Waals surface area contributed by atoms with Crippen molar-refractivity contribution >= 4 is 11.9 Å². The van der Waals surface area contributed by atoms with Crippen LogP contribution in [-0.4, -0.2) is 41.1 Å². The van der Waals surface area contributed by atoms with Crippen LogP contribution in [0.2, 0.25) is 0 Å². The third-order valence-electron chi connectivity index (χ3n) is 4.93. The fourth-order valence-corrected chi connectivity index (χ4v) is 3.53. The highest BCUT2D eigenvalue weighted by atomic mass is 19.4. The minimum atomic E-state index is -4.15. The van der Waals surface area contributed by atoms with E-state index in [1.807, 2.05) is 0 Å². The number of piperidine rings is 1. The molecule has 1 saturated carbocycles. The summed E-state index contributed by atoms with van der Waals surface area (Å²) in [5, 5.41) is 8.76. The Bertz CT molecular complexity index is 409. The quantitative estimate of drug-likeness (QED) is 0.869. The van der Waals surface area contributed by atoms with Crippen molar-refractivity contribution in [2.75, 3.05) is 13.1 Å². The molecule has 0 radical (unpaired) electrons. The van der Waals surface area contributed by atoms with Gasteiger partial charge >= 0.3 is 12.1 Å². The van der Waals surface area contributed by atoms with E-state index >= 15 is 0 Å². The number of carbonyl (C=O) groups excluding carboxylic acids is 1. The summed E-state index contributed by atoms with van der Waals surface area (Å²) in [5.41, 5.74) is 0. The van der Waals surface area contributed by atoms with E-state index in [1.54, 1.807) is 4.90 Å². The van der Waals surface area contributed by atoms with E-state index in [4.69, 9.17) is 5.11 Å². The molecule has 0 aromatic heterocycles. The summed E-state index contributed by atoms with van der Waals surface area (Å²) in [4.78, 5) is 24.7. The number of carboxylic acid groups (broad SMARTS) is 1. The molecule has 2 aliphatic rings. The molecule has 2 rings (SSSR count). The lowest BCUT2D eigenvalue weighted by atomic mass is 9.80. The average Bonchev–Trinajstić information content (AvgIpc) is 2.46. The van der Waals surface area contributed by atoms with Crippen LogP contribution in [0.5, 0.6) is 0 Å². The van der Waals surface area contributed by atoms with Crippen LogP contribution < -0.4 is 0 Å². The summed E-state index contributed by atoms with van der Waals surface area (Å²) in [7, 11) is 0. The number of nitrogens with zero attached hydrogens (tertiary/aromatic N) is 1. The van der Waals surface area contributed by atoms with E-state index in [9.17, 15) is 22.8 Å². The van der Waals surface area contributed by atoms with E-state index in [0.29, 0.717) is 38.8 Å². The predicted octanol–water partition coefficient (Wildman–Crippen LogP) is 3.07. The van der Waals surface area contributed by atoms with Crippen LogP contribution in [0.25, 0.3) is 0 Å². The second-order valence-corrected chi connectivity index (χ2v) is 6.46. The Morgan fingerprint density at radius 3 is 2.00 bits per heavy atom. The Hall–Kier alpha value is -1.27. The van der Waals surface area contributed by atoms with Gasteiger partial charge in [0, 0.05) is 25.4 Å². The maximum atomic E-state index is 12.6. The molecule has 22 heavy (non-hydrogen) atoms. The van der Waals surface area contributed by atoms with Gasteiger partial charge in [-0.1, -0.05) is 0 Å². The number of carbonyl (C=O) groups is 2. The van der Waals surface area contributed by atoms with Gasteiger partial charge in [-0.2, -0.15) is 13.2 Å². The van der Waals surface area contributed by atoms with Crippen LogP contribution in [0.3, 0.4) is 0 Å². The Morgan fingerprint density at radius 2 is 1.55 bits per heavy atom. The van der Waals surface area contributed by atoms with Crippen LogP contribution in [0.15, 0.2) is 0 Å². The molecule has 1 aliphatic carbocycles. The molecule has 1 aliphatic heterocycles. The van der Waals surface area contributed by atoms with Gasteiger partial charge in [-0.05, 0) is 44.4 Å². The van der Waals surface area contributed by atoms with Gasteiger partial charge < -0.3 is 10.0 Å². The molecule has 0 atom stereocenters. The average molecular weight is 321 g/mol. The van der Waals surface area contributed by atoms with Gasteiger partial charge in [-0.25, -0.2) is 0 Å². The first-order chi connectivity index (χ1) is 10.3. The molecule has 7 heteroatoms. The standard InChI is InChI=1S/C15H22F3NO3/c16-15(17,18)12-3-1-11(2-4-12)14(22)19-7-5-10(6-8-19)9-13(20)21/h10-12H,1-9H2,(H,20,21). The smallest absolute Gasteiger partial charge is 0.391 e. The molecule has 4 nitrogen and oxygen atoms in total. The monoisotopic (exact) mass is 321 g/mol. The molecule has 0 bridgehead atoms. The van der Waals surface area contributed by atoms with Crippen LogP contribution in [0.4, 0.5) is 13.2 Å². The molecule has 1 saturated heterocycles. The summed E-state index contributed by atoms with van der Waals surface area (Å²) in [5.74, 6) is -2.33. The molecule has 1 amide bonds. The largest absolute Gasteiger partial charge is 0.481 e. The lowest BCUT2D eigenvalue weighted by molar-refractivity contribution is -0.185. The zero-order valence-corrected chi connectivity index (χ0v) is 12.4. The predicted molar refractivity (Wildman–Crippen MR) is 73.1 cm³/mol. The highest BCUT2D eigenvalue weighted by Crippen LogP contribution is 2.40. The van der Waals surface area contributed by atoms with Crippen LogP contribution in [-0.2, 0) is 9.59 Å². The second-order valence-electron chi connectivity index (χ2n) is 6.46. The van der Waals surface area contributed by atoms with Crippen LogP contribution in [0, 0.1) is 17.8 Å². The fraction of sp³-hybridized carbons (Fsp3) is 0.867. The van der Waals surface area contributed by atoms with Crippen molar-refractivity contribution < 1.29 is 27.9 Å². The summed E-state index contributed by atoms with van der Waals surface area (Å²) >= 11 is 0. The topological polar surface area (TPSA) is 57.6 Å². The van der Waals surface area contributed by atoms with Crippen molar-refractivity contribution in [3.8, 4) is 0 Å².